The van der Waals surface area contributed by atoms with Crippen molar-refractivity contribution in [3.05, 3.63) is 36.7 Å². The van der Waals surface area contributed by atoms with Crippen molar-refractivity contribution in [1.29, 1.82) is 0 Å². The Bertz CT molecular complexity index is 580. The zero-order valence-corrected chi connectivity index (χ0v) is 10.9. The van der Waals surface area contributed by atoms with Gasteiger partial charge in [0.1, 0.15) is 0 Å². The molecule has 0 radical (unpaired) electrons. The van der Waals surface area contributed by atoms with Gasteiger partial charge in [-0.25, -0.2) is 14.4 Å². The lowest BCUT2D eigenvalue weighted by atomic mass is 10.2. The Morgan fingerprint density at radius 3 is 2.30 bits per heavy atom. The molecule has 0 amide bonds. The number of rotatable bonds is 2. The number of pyridine rings is 1. The molecule has 0 unspecified atom stereocenters. The molecule has 0 saturated carbocycles. The number of halogens is 1. The lowest BCUT2D eigenvalue weighted by molar-refractivity contribution is 0.602. The van der Waals surface area contributed by atoms with E-state index in [0.29, 0.717) is 11.6 Å². The van der Waals surface area contributed by atoms with E-state index in [9.17, 15) is 4.39 Å². The second-order valence-corrected chi connectivity index (χ2v) is 4.61. The number of aromatic nitrogens is 3. The van der Waals surface area contributed by atoms with Crippen LogP contribution in [0.2, 0.25) is 0 Å². The molecular weight excluding hydrogens is 259 g/mol. The molecule has 2 aromatic heterocycles. The number of nitrogens with two attached hydrogens (primary N) is 1. The van der Waals surface area contributed by atoms with E-state index in [2.05, 4.69) is 19.9 Å². The van der Waals surface area contributed by atoms with Crippen molar-refractivity contribution in [3.8, 4) is 0 Å². The van der Waals surface area contributed by atoms with Crippen molar-refractivity contribution in [3.63, 3.8) is 0 Å². The SMILES string of the molecule is Nc1cnccc1N1CCN(c2ncc(F)cn2)CC1. The summed E-state index contributed by atoms with van der Waals surface area (Å²) in [5.41, 5.74) is 7.61. The number of hydrogen-bond donors (Lipinski definition) is 1. The minimum Gasteiger partial charge on any atom is -0.396 e. The van der Waals surface area contributed by atoms with E-state index in [-0.39, 0.29) is 0 Å². The summed E-state index contributed by atoms with van der Waals surface area (Å²) in [6.07, 6.45) is 5.77. The van der Waals surface area contributed by atoms with Crippen LogP contribution in [0.15, 0.2) is 30.9 Å². The van der Waals surface area contributed by atoms with E-state index >= 15 is 0 Å². The molecule has 104 valence electrons. The van der Waals surface area contributed by atoms with E-state index in [1.807, 2.05) is 11.0 Å². The summed E-state index contributed by atoms with van der Waals surface area (Å²) in [5, 5.41) is 0. The fraction of sp³-hybridized carbons (Fsp3) is 0.308. The van der Waals surface area contributed by atoms with Crippen molar-refractivity contribution < 1.29 is 4.39 Å². The van der Waals surface area contributed by atoms with Crippen LogP contribution in [-0.2, 0) is 0 Å². The highest BCUT2D eigenvalue weighted by Crippen LogP contribution is 2.23. The monoisotopic (exact) mass is 274 g/mol. The lowest BCUT2D eigenvalue weighted by Crippen LogP contribution is -2.47. The van der Waals surface area contributed by atoms with Gasteiger partial charge >= 0.3 is 0 Å². The van der Waals surface area contributed by atoms with E-state index in [1.165, 1.54) is 12.4 Å². The van der Waals surface area contributed by atoms with Gasteiger partial charge in [0, 0.05) is 32.4 Å². The van der Waals surface area contributed by atoms with Gasteiger partial charge in [-0.15, -0.1) is 0 Å². The predicted molar refractivity (Wildman–Crippen MR) is 75.1 cm³/mol. The van der Waals surface area contributed by atoms with Crippen LogP contribution >= 0.6 is 0 Å². The quantitative estimate of drug-likeness (QED) is 0.878. The van der Waals surface area contributed by atoms with Crippen LogP contribution in [0.25, 0.3) is 0 Å². The average molecular weight is 274 g/mol. The molecule has 3 rings (SSSR count). The van der Waals surface area contributed by atoms with E-state index in [0.717, 1.165) is 31.9 Å². The minimum absolute atomic E-state index is 0.419. The maximum atomic E-state index is 12.8. The van der Waals surface area contributed by atoms with E-state index in [4.69, 9.17) is 5.73 Å². The van der Waals surface area contributed by atoms with Gasteiger partial charge in [0.05, 0.1) is 30.0 Å². The summed E-state index contributed by atoms with van der Waals surface area (Å²) >= 11 is 0. The summed E-state index contributed by atoms with van der Waals surface area (Å²) in [6.45, 7) is 3.17. The topological polar surface area (TPSA) is 71.2 Å². The first-order chi connectivity index (χ1) is 9.74. The number of nitrogen functional groups attached to an aromatic ring is 1. The average Bonchev–Trinajstić information content (AvgIpc) is 2.49. The third-order valence-electron chi connectivity index (χ3n) is 3.34. The van der Waals surface area contributed by atoms with E-state index in [1.54, 1.807) is 12.4 Å². The second-order valence-electron chi connectivity index (χ2n) is 4.61. The normalized spacial score (nSPS) is 15.4. The molecule has 1 aliphatic heterocycles. The third-order valence-corrected chi connectivity index (χ3v) is 3.34. The lowest BCUT2D eigenvalue weighted by Gasteiger charge is -2.36. The number of anilines is 3. The molecule has 3 heterocycles. The molecule has 0 aliphatic carbocycles. The van der Waals surface area contributed by atoms with Gasteiger partial charge in [0.2, 0.25) is 5.95 Å². The summed E-state index contributed by atoms with van der Waals surface area (Å²) < 4.78 is 12.8. The molecule has 20 heavy (non-hydrogen) atoms. The number of piperazine rings is 1. The molecule has 2 aromatic rings. The molecular formula is C13H15FN6. The highest BCUT2D eigenvalue weighted by molar-refractivity contribution is 5.66. The fourth-order valence-electron chi connectivity index (χ4n) is 2.30. The maximum Gasteiger partial charge on any atom is 0.225 e. The first-order valence-corrected chi connectivity index (χ1v) is 6.41. The molecule has 1 fully saturated rings. The van der Waals surface area contributed by atoms with Crippen LogP contribution in [0, 0.1) is 5.82 Å². The van der Waals surface area contributed by atoms with Crippen LogP contribution in [0.3, 0.4) is 0 Å². The zero-order chi connectivity index (χ0) is 13.9. The Kier molecular flexibility index (Phi) is 3.32. The molecule has 0 atom stereocenters. The van der Waals surface area contributed by atoms with Gasteiger partial charge < -0.3 is 15.5 Å². The maximum absolute atomic E-state index is 12.8. The first kappa shape index (κ1) is 12.6. The van der Waals surface area contributed by atoms with Gasteiger partial charge in [-0.1, -0.05) is 0 Å². The van der Waals surface area contributed by atoms with Crippen molar-refractivity contribution in [2.75, 3.05) is 41.7 Å². The fourth-order valence-corrected chi connectivity index (χ4v) is 2.30. The Morgan fingerprint density at radius 1 is 1.00 bits per heavy atom. The Morgan fingerprint density at radius 2 is 1.65 bits per heavy atom. The van der Waals surface area contributed by atoms with Crippen molar-refractivity contribution in [2.24, 2.45) is 0 Å². The molecule has 1 saturated heterocycles. The standard InChI is InChI=1S/C13H15FN6/c14-10-7-17-13(18-8-10)20-5-3-19(4-6-20)12-1-2-16-9-11(12)15/h1-2,7-9H,3-6,15H2. The van der Waals surface area contributed by atoms with Gasteiger partial charge in [0.25, 0.3) is 0 Å². The Balaban J connectivity index is 1.68. The number of hydrogen-bond acceptors (Lipinski definition) is 6. The van der Waals surface area contributed by atoms with Crippen molar-refractivity contribution in [1.82, 2.24) is 15.0 Å². The highest BCUT2D eigenvalue weighted by Gasteiger charge is 2.20. The molecule has 7 heteroatoms. The van der Waals surface area contributed by atoms with Crippen molar-refractivity contribution >= 4 is 17.3 Å². The zero-order valence-electron chi connectivity index (χ0n) is 10.9. The predicted octanol–water partition coefficient (Wildman–Crippen LogP) is 0.919. The summed E-state index contributed by atoms with van der Waals surface area (Å²) in [5.74, 6) is 0.144. The highest BCUT2D eigenvalue weighted by atomic mass is 19.1. The molecule has 0 spiro atoms. The molecule has 0 aromatic carbocycles. The molecule has 0 bridgehead atoms. The Hall–Kier alpha value is -2.44. The third kappa shape index (κ3) is 2.47. The molecule has 6 nitrogen and oxygen atoms in total. The molecule has 1 aliphatic rings. The van der Waals surface area contributed by atoms with Gasteiger partial charge in [-0.05, 0) is 6.07 Å². The summed E-state index contributed by atoms with van der Waals surface area (Å²) in [4.78, 5) is 16.2. The van der Waals surface area contributed by atoms with Crippen LogP contribution in [0.5, 0.6) is 0 Å². The van der Waals surface area contributed by atoms with Crippen molar-refractivity contribution in [2.45, 2.75) is 0 Å². The van der Waals surface area contributed by atoms with Crippen LogP contribution in [-0.4, -0.2) is 41.1 Å². The molecule has 2 N–H and O–H groups in total. The summed E-state index contributed by atoms with van der Waals surface area (Å²) in [7, 11) is 0. The largest absolute Gasteiger partial charge is 0.396 e. The smallest absolute Gasteiger partial charge is 0.225 e. The first-order valence-electron chi connectivity index (χ1n) is 6.41. The van der Waals surface area contributed by atoms with Crippen LogP contribution in [0.4, 0.5) is 21.7 Å². The van der Waals surface area contributed by atoms with Gasteiger partial charge in [0.15, 0.2) is 5.82 Å². The Labute approximate surface area is 116 Å². The van der Waals surface area contributed by atoms with Crippen LogP contribution < -0.4 is 15.5 Å². The van der Waals surface area contributed by atoms with Gasteiger partial charge in [-0.2, -0.15) is 0 Å². The number of nitrogens with zero attached hydrogens (tertiary/aromatic N) is 5. The summed E-state index contributed by atoms with van der Waals surface area (Å²) in [6, 6.07) is 1.92. The van der Waals surface area contributed by atoms with E-state index < -0.39 is 5.82 Å². The van der Waals surface area contributed by atoms with Gasteiger partial charge in [-0.3, -0.25) is 4.98 Å². The van der Waals surface area contributed by atoms with Crippen LogP contribution in [0.1, 0.15) is 0 Å². The minimum atomic E-state index is -0.419. The second kappa shape index (κ2) is 5.28.